The van der Waals surface area contributed by atoms with E-state index in [-0.39, 0.29) is 34.7 Å². The van der Waals surface area contributed by atoms with Crippen LogP contribution in [0.2, 0.25) is 5.02 Å². The third-order valence-corrected chi connectivity index (χ3v) is 8.61. The summed E-state index contributed by atoms with van der Waals surface area (Å²) >= 11 is 6.95. The number of carbonyl (C=O) groups excluding carboxylic acids is 1. The molecular weight excluding hydrogens is 460 g/mol. The van der Waals surface area contributed by atoms with Crippen LogP contribution < -0.4 is 4.87 Å². The Labute approximate surface area is 188 Å². The van der Waals surface area contributed by atoms with Gasteiger partial charge in [0.15, 0.2) is 0 Å². The van der Waals surface area contributed by atoms with Crippen molar-refractivity contribution in [2.75, 3.05) is 20.2 Å². The predicted octanol–water partition coefficient (Wildman–Crippen LogP) is 3.34. The van der Waals surface area contributed by atoms with Gasteiger partial charge in [0.2, 0.25) is 10.0 Å². The van der Waals surface area contributed by atoms with E-state index in [4.69, 9.17) is 16.3 Å². The highest BCUT2D eigenvalue weighted by Gasteiger charge is 2.32. The summed E-state index contributed by atoms with van der Waals surface area (Å²) in [6, 6.07) is 12.0. The van der Waals surface area contributed by atoms with Crippen molar-refractivity contribution < 1.29 is 17.9 Å². The standard InChI is InChI=1S/C21H21ClN2O5S2/c1-29-20(25)15-8-10-23(11-9-15)31(27,28)17-6-7-18-19(12-17)30-21(26)24(18)13-14-2-4-16(22)5-3-14/h2-7,12,15H,8-11,13H2,1H3. The van der Waals surface area contributed by atoms with Crippen LogP contribution in [0.1, 0.15) is 18.4 Å². The third-order valence-electron chi connectivity index (χ3n) is 5.52. The van der Waals surface area contributed by atoms with Gasteiger partial charge in [0.05, 0.1) is 34.7 Å². The molecule has 0 N–H and O–H groups in total. The number of sulfonamides is 1. The average molecular weight is 481 g/mol. The predicted molar refractivity (Wildman–Crippen MR) is 120 cm³/mol. The van der Waals surface area contributed by atoms with Crippen molar-refractivity contribution in [1.82, 2.24) is 8.87 Å². The van der Waals surface area contributed by atoms with Crippen LogP contribution in [0.3, 0.4) is 0 Å². The summed E-state index contributed by atoms with van der Waals surface area (Å²) in [5, 5.41) is 0.622. The summed E-state index contributed by atoms with van der Waals surface area (Å²) in [7, 11) is -2.38. The van der Waals surface area contributed by atoms with Crippen LogP contribution in [0.15, 0.2) is 52.2 Å². The van der Waals surface area contributed by atoms with Gasteiger partial charge in [0, 0.05) is 18.1 Å². The number of rotatable bonds is 5. The third kappa shape index (κ3) is 4.41. The van der Waals surface area contributed by atoms with Crippen LogP contribution in [0, 0.1) is 5.92 Å². The number of methoxy groups -OCH3 is 1. The van der Waals surface area contributed by atoms with E-state index in [0.717, 1.165) is 16.9 Å². The lowest BCUT2D eigenvalue weighted by atomic mass is 9.99. The van der Waals surface area contributed by atoms with Crippen LogP contribution in [0.5, 0.6) is 0 Å². The molecule has 0 saturated carbocycles. The second-order valence-corrected chi connectivity index (χ2v) is 10.8. The topological polar surface area (TPSA) is 85.7 Å². The van der Waals surface area contributed by atoms with Gasteiger partial charge >= 0.3 is 10.8 Å². The summed E-state index contributed by atoms with van der Waals surface area (Å²) < 4.78 is 34.6. The number of piperidine rings is 1. The Hall–Kier alpha value is -2.20. The highest BCUT2D eigenvalue weighted by Crippen LogP contribution is 2.28. The van der Waals surface area contributed by atoms with Crippen molar-refractivity contribution in [2.24, 2.45) is 5.92 Å². The van der Waals surface area contributed by atoms with Gasteiger partial charge in [-0.1, -0.05) is 35.1 Å². The lowest BCUT2D eigenvalue weighted by Gasteiger charge is -2.29. The van der Waals surface area contributed by atoms with Crippen molar-refractivity contribution in [3.05, 3.63) is 62.7 Å². The highest BCUT2D eigenvalue weighted by atomic mass is 35.5. The number of benzene rings is 2. The molecule has 0 amide bonds. The van der Waals surface area contributed by atoms with E-state index in [1.54, 1.807) is 28.8 Å². The number of fused-ring (bicyclic) bond motifs is 1. The molecule has 10 heteroatoms. The molecule has 7 nitrogen and oxygen atoms in total. The molecule has 1 saturated heterocycles. The van der Waals surface area contributed by atoms with Gasteiger partial charge in [-0.2, -0.15) is 4.31 Å². The largest absolute Gasteiger partial charge is 0.469 e. The Morgan fingerprint density at radius 1 is 1.16 bits per heavy atom. The van der Waals surface area contributed by atoms with Crippen molar-refractivity contribution in [1.29, 1.82) is 0 Å². The smallest absolute Gasteiger partial charge is 0.308 e. The number of ether oxygens (including phenoxy) is 1. The Bertz CT molecular complexity index is 1270. The van der Waals surface area contributed by atoms with Crippen LogP contribution in [-0.2, 0) is 26.1 Å². The van der Waals surface area contributed by atoms with Gasteiger partial charge in [-0.15, -0.1) is 0 Å². The molecule has 0 bridgehead atoms. The van der Waals surface area contributed by atoms with Crippen LogP contribution >= 0.6 is 22.9 Å². The summed E-state index contributed by atoms with van der Waals surface area (Å²) in [5.41, 5.74) is 1.62. The number of aromatic nitrogens is 1. The maximum absolute atomic E-state index is 13.1. The van der Waals surface area contributed by atoms with Gasteiger partial charge in [-0.3, -0.25) is 14.2 Å². The zero-order chi connectivity index (χ0) is 22.2. The molecule has 0 radical (unpaired) electrons. The van der Waals surface area contributed by atoms with E-state index in [0.29, 0.717) is 34.6 Å². The molecule has 2 aromatic carbocycles. The fourth-order valence-corrected chi connectivity index (χ4v) is 6.40. The first-order valence-electron chi connectivity index (χ1n) is 9.75. The first-order valence-corrected chi connectivity index (χ1v) is 12.4. The molecule has 1 aromatic heterocycles. The Kier molecular flexibility index (Phi) is 6.20. The van der Waals surface area contributed by atoms with Crippen molar-refractivity contribution in [3.63, 3.8) is 0 Å². The van der Waals surface area contributed by atoms with Crippen LogP contribution in [-0.4, -0.2) is 43.5 Å². The first kappa shape index (κ1) is 22.0. The van der Waals surface area contributed by atoms with Crippen molar-refractivity contribution in [3.8, 4) is 0 Å². The molecule has 1 aliphatic heterocycles. The van der Waals surface area contributed by atoms with E-state index >= 15 is 0 Å². The quantitative estimate of drug-likeness (QED) is 0.523. The lowest BCUT2D eigenvalue weighted by Crippen LogP contribution is -2.40. The van der Waals surface area contributed by atoms with Gasteiger partial charge in [-0.05, 0) is 48.7 Å². The van der Waals surface area contributed by atoms with E-state index in [9.17, 15) is 18.0 Å². The summed E-state index contributed by atoms with van der Waals surface area (Å²) in [6.07, 6.45) is 0.859. The van der Waals surface area contributed by atoms with Crippen molar-refractivity contribution in [2.45, 2.75) is 24.3 Å². The second-order valence-electron chi connectivity index (χ2n) is 7.41. The van der Waals surface area contributed by atoms with Gasteiger partial charge < -0.3 is 4.74 Å². The minimum absolute atomic E-state index is 0.149. The Balaban J connectivity index is 1.59. The molecule has 164 valence electrons. The zero-order valence-electron chi connectivity index (χ0n) is 16.8. The van der Waals surface area contributed by atoms with E-state index in [2.05, 4.69) is 0 Å². The van der Waals surface area contributed by atoms with Gasteiger partial charge in [-0.25, -0.2) is 8.42 Å². The first-order chi connectivity index (χ1) is 14.8. The molecule has 0 aliphatic carbocycles. The average Bonchev–Trinajstić information content (AvgIpc) is 3.09. The molecule has 3 aromatic rings. The number of nitrogens with zero attached hydrogens (tertiary/aromatic N) is 2. The second kappa shape index (κ2) is 8.74. The minimum Gasteiger partial charge on any atom is -0.469 e. The minimum atomic E-state index is -3.71. The van der Waals surface area contributed by atoms with Gasteiger partial charge in [0.25, 0.3) is 0 Å². The molecule has 4 rings (SSSR count). The maximum atomic E-state index is 13.1. The number of hydrogen-bond acceptors (Lipinski definition) is 6. The van der Waals surface area contributed by atoms with Gasteiger partial charge in [0.1, 0.15) is 0 Å². The Morgan fingerprint density at radius 2 is 1.84 bits per heavy atom. The molecule has 1 fully saturated rings. The normalized spacial score (nSPS) is 15.9. The SMILES string of the molecule is COC(=O)C1CCN(S(=O)(=O)c2ccc3c(c2)sc(=O)n3Cc2ccc(Cl)cc2)CC1. The number of thiazole rings is 1. The number of carbonyl (C=O) groups is 1. The van der Waals surface area contributed by atoms with Crippen molar-refractivity contribution >= 4 is 49.1 Å². The van der Waals surface area contributed by atoms with Crippen LogP contribution in [0.4, 0.5) is 0 Å². The zero-order valence-corrected chi connectivity index (χ0v) is 19.2. The number of hydrogen-bond donors (Lipinski definition) is 0. The van der Waals surface area contributed by atoms with Crippen LogP contribution in [0.25, 0.3) is 10.2 Å². The molecule has 0 spiro atoms. The molecule has 0 unspecified atom stereocenters. The Morgan fingerprint density at radius 3 is 2.48 bits per heavy atom. The molecule has 2 heterocycles. The summed E-state index contributed by atoms with van der Waals surface area (Å²) in [5.74, 6) is -0.573. The summed E-state index contributed by atoms with van der Waals surface area (Å²) in [4.78, 5) is 24.2. The van der Waals surface area contributed by atoms with E-state index < -0.39 is 10.0 Å². The molecule has 31 heavy (non-hydrogen) atoms. The fourth-order valence-electron chi connectivity index (χ4n) is 3.78. The summed E-state index contributed by atoms with van der Waals surface area (Å²) in [6.45, 7) is 0.894. The lowest BCUT2D eigenvalue weighted by molar-refractivity contribution is -0.146. The van der Waals surface area contributed by atoms with E-state index in [1.807, 2.05) is 12.1 Å². The number of halogens is 1. The molecule has 0 atom stereocenters. The maximum Gasteiger partial charge on any atom is 0.308 e. The van der Waals surface area contributed by atoms with E-state index in [1.165, 1.54) is 17.5 Å². The number of esters is 1. The fraction of sp³-hybridized carbons (Fsp3) is 0.333. The molecular formula is C21H21ClN2O5S2. The molecule has 1 aliphatic rings. The monoisotopic (exact) mass is 480 g/mol. The highest BCUT2D eigenvalue weighted by molar-refractivity contribution is 7.89.